The SMILES string of the molecule is O=C(Nc1ccc2c(c1)CNC2)C1(c2cccc(Br)c2)CCC1.O=C(O)C(F)(F)F. The number of carbonyl (C=O) groups excluding carboxylic acids is 1. The van der Waals surface area contributed by atoms with Gasteiger partial charge in [-0.1, -0.05) is 40.5 Å². The summed E-state index contributed by atoms with van der Waals surface area (Å²) >= 11 is 3.52. The molecule has 1 amide bonds. The molecule has 2 aliphatic rings. The van der Waals surface area contributed by atoms with Crippen molar-refractivity contribution in [3.8, 4) is 0 Å². The molecule has 2 aromatic rings. The molecule has 0 bridgehead atoms. The Labute approximate surface area is 179 Å². The second-order valence-electron chi connectivity index (χ2n) is 7.29. The summed E-state index contributed by atoms with van der Waals surface area (Å²) in [7, 11) is 0. The number of aliphatic carboxylic acids is 1. The Bertz CT molecular complexity index is 959. The average molecular weight is 485 g/mol. The van der Waals surface area contributed by atoms with Gasteiger partial charge in [0, 0.05) is 23.2 Å². The lowest BCUT2D eigenvalue weighted by molar-refractivity contribution is -0.192. The maximum Gasteiger partial charge on any atom is 0.490 e. The van der Waals surface area contributed by atoms with Crippen LogP contribution in [0.4, 0.5) is 18.9 Å². The molecule has 9 heteroatoms. The van der Waals surface area contributed by atoms with E-state index in [1.807, 2.05) is 18.2 Å². The summed E-state index contributed by atoms with van der Waals surface area (Å²) in [6, 6.07) is 14.4. The van der Waals surface area contributed by atoms with Crippen LogP contribution in [0, 0.1) is 0 Å². The van der Waals surface area contributed by atoms with E-state index in [4.69, 9.17) is 9.90 Å². The zero-order valence-electron chi connectivity index (χ0n) is 15.9. The Kier molecular flexibility index (Phi) is 6.52. The predicted molar refractivity (Wildman–Crippen MR) is 109 cm³/mol. The van der Waals surface area contributed by atoms with Crippen molar-refractivity contribution in [2.45, 2.75) is 43.9 Å². The summed E-state index contributed by atoms with van der Waals surface area (Å²) in [4.78, 5) is 21.9. The van der Waals surface area contributed by atoms with E-state index in [0.29, 0.717) is 0 Å². The minimum absolute atomic E-state index is 0.118. The summed E-state index contributed by atoms with van der Waals surface area (Å²) in [5, 5.41) is 13.6. The minimum atomic E-state index is -5.08. The lowest BCUT2D eigenvalue weighted by Crippen LogP contribution is -2.46. The predicted octanol–water partition coefficient (Wildman–Crippen LogP) is 4.75. The highest BCUT2D eigenvalue weighted by Crippen LogP contribution is 2.45. The summed E-state index contributed by atoms with van der Waals surface area (Å²) in [5.41, 5.74) is 4.25. The molecule has 1 fully saturated rings. The molecule has 5 nitrogen and oxygen atoms in total. The van der Waals surface area contributed by atoms with Gasteiger partial charge in [-0.05, 0) is 53.8 Å². The van der Waals surface area contributed by atoms with Crippen molar-refractivity contribution in [3.63, 3.8) is 0 Å². The second-order valence-corrected chi connectivity index (χ2v) is 8.21. The third-order valence-corrected chi connectivity index (χ3v) is 5.85. The Morgan fingerprint density at radius 3 is 2.30 bits per heavy atom. The van der Waals surface area contributed by atoms with E-state index in [-0.39, 0.29) is 11.3 Å². The molecule has 3 N–H and O–H groups in total. The van der Waals surface area contributed by atoms with Crippen LogP contribution in [0.15, 0.2) is 46.9 Å². The monoisotopic (exact) mass is 484 g/mol. The van der Waals surface area contributed by atoms with Gasteiger partial charge in [0.1, 0.15) is 0 Å². The number of hydrogen-bond donors (Lipinski definition) is 3. The number of halogens is 4. The molecule has 2 aromatic carbocycles. The largest absolute Gasteiger partial charge is 0.490 e. The van der Waals surface area contributed by atoms with Gasteiger partial charge in [-0.2, -0.15) is 13.2 Å². The Morgan fingerprint density at radius 2 is 1.73 bits per heavy atom. The van der Waals surface area contributed by atoms with E-state index in [1.54, 1.807) is 0 Å². The van der Waals surface area contributed by atoms with Crippen LogP contribution < -0.4 is 10.6 Å². The zero-order chi connectivity index (χ0) is 21.9. The summed E-state index contributed by atoms with van der Waals surface area (Å²) in [6.07, 6.45) is -2.14. The fraction of sp³-hybridized carbons (Fsp3) is 0.333. The number of carbonyl (C=O) groups is 2. The fourth-order valence-electron chi connectivity index (χ4n) is 3.59. The number of carboxylic acids is 1. The molecular formula is C21H20BrF3N2O3. The quantitative estimate of drug-likeness (QED) is 0.587. The maximum atomic E-state index is 13.0. The molecule has 0 unspecified atom stereocenters. The van der Waals surface area contributed by atoms with E-state index in [9.17, 15) is 18.0 Å². The third-order valence-electron chi connectivity index (χ3n) is 5.36. The van der Waals surface area contributed by atoms with Crippen molar-refractivity contribution >= 4 is 33.5 Å². The maximum absolute atomic E-state index is 13.0. The van der Waals surface area contributed by atoms with E-state index in [0.717, 1.165) is 48.1 Å². The van der Waals surface area contributed by atoms with Gasteiger partial charge in [0.2, 0.25) is 5.91 Å². The smallest absolute Gasteiger partial charge is 0.475 e. The Balaban J connectivity index is 0.000000318. The number of rotatable bonds is 3. The van der Waals surface area contributed by atoms with Gasteiger partial charge in [-0.25, -0.2) is 4.79 Å². The number of amides is 1. The average Bonchev–Trinajstić information content (AvgIpc) is 3.08. The van der Waals surface area contributed by atoms with Crippen molar-refractivity contribution in [2.24, 2.45) is 0 Å². The number of fused-ring (bicyclic) bond motifs is 1. The standard InChI is InChI=1S/C19H19BrN2O.C2HF3O2/c20-16-4-1-3-15(10-16)19(7-2-8-19)18(23)22-17-6-5-13-11-21-12-14(13)9-17;3-2(4,5)1(6)7/h1,3-6,9-10,21H,2,7-8,11-12H2,(H,22,23);(H,6,7). The highest BCUT2D eigenvalue weighted by molar-refractivity contribution is 9.10. The molecule has 160 valence electrons. The molecule has 1 aliphatic carbocycles. The molecule has 1 heterocycles. The van der Waals surface area contributed by atoms with E-state index in [2.05, 4.69) is 50.8 Å². The van der Waals surface area contributed by atoms with E-state index in [1.165, 1.54) is 11.1 Å². The normalized spacial score (nSPS) is 16.5. The highest BCUT2D eigenvalue weighted by atomic mass is 79.9. The van der Waals surface area contributed by atoms with Crippen molar-refractivity contribution in [2.75, 3.05) is 5.32 Å². The molecule has 0 spiro atoms. The molecule has 0 saturated heterocycles. The van der Waals surface area contributed by atoms with Gasteiger partial charge in [-0.3, -0.25) is 4.79 Å². The van der Waals surface area contributed by atoms with Crippen molar-refractivity contribution in [3.05, 3.63) is 63.6 Å². The first-order valence-corrected chi connectivity index (χ1v) is 10.1. The summed E-state index contributed by atoms with van der Waals surface area (Å²) in [6.45, 7) is 1.81. The van der Waals surface area contributed by atoms with Gasteiger partial charge in [-0.15, -0.1) is 0 Å². The molecule has 30 heavy (non-hydrogen) atoms. The molecule has 0 aromatic heterocycles. The molecule has 0 radical (unpaired) electrons. The molecule has 1 saturated carbocycles. The number of carboxylic acid groups (broad SMARTS) is 1. The Hall–Kier alpha value is -2.39. The molecule has 0 atom stereocenters. The van der Waals surface area contributed by atoms with Crippen molar-refractivity contribution < 1.29 is 27.9 Å². The molecule has 4 rings (SSSR count). The van der Waals surface area contributed by atoms with Gasteiger partial charge >= 0.3 is 12.1 Å². The van der Waals surface area contributed by atoms with Crippen molar-refractivity contribution in [1.82, 2.24) is 5.32 Å². The van der Waals surface area contributed by atoms with Gasteiger partial charge in [0.05, 0.1) is 5.41 Å². The van der Waals surface area contributed by atoms with Crippen LogP contribution in [0.3, 0.4) is 0 Å². The summed E-state index contributed by atoms with van der Waals surface area (Å²) < 4.78 is 32.8. The second kappa shape index (κ2) is 8.77. The zero-order valence-corrected chi connectivity index (χ0v) is 17.4. The number of benzene rings is 2. The van der Waals surface area contributed by atoms with Crippen LogP contribution in [-0.4, -0.2) is 23.2 Å². The van der Waals surface area contributed by atoms with Gasteiger partial charge < -0.3 is 15.7 Å². The lowest BCUT2D eigenvalue weighted by atomic mass is 9.64. The highest BCUT2D eigenvalue weighted by Gasteiger charge is 2.45. The fourth-order valence-corrected chi connectivity index (χ4v) is 3.99. The van der Waals surface area contributed by atoms with Gasteiger partial charge in [0.25, 0.3) is 0 Å². The first kappa shape index (κ1) is 22.3. The molecular weight excluding hydrogens is 465 g/mol. The lowest BCUT2D eigenvalue weighted by Gasteiger charge is -2.40. The van der Waals surface area contributed by atoms with Crippen LogP contribution in [0.2, 0.25) is 0 Å². The minimum Gasteiger partial charge on any atom is -0.475 e. The third kappa shape index (κ3) is 4.84. The molecule has 1 aliphatic heterocycles. The van der Waals surface area contributed by atoms with E-state index < -0.39 is 12.1 Å². The first-order valence-electron chi connectivity index (χ1n) is 9.32. The van der Waals surface area contributed by atoms with Gasteiger partial charge in [0.15, 0.2) is 0 Å². The van der Waals surface area contributed by atoms with Crippen LogP contribution in [-0.2, 0) is 28.1 Å². The number of hydrogen-bond acceptors (Lipinski definition) is 3. The number of nitrogens with one attached hydrogen (secondary N) is 2. The van der Waals surface area contributed by atoms with Crippen LogP contribution in [0.25, 0.3) is 0 Å². The first-order chi connectivity index (χ1) is 14.1. The van der Waals surface area contributed by atoms with Crippen LogP contribution in [0.5, 0.6) is 0 Å². The summed E-state index contributed by atoms with van der Waals surface area (Å²) in [5.74, 6) is -2.64. The number of alkyl halides is 3. The van der Waals surface area contributed by atoms with Crippen LogP contribution in [0.1, 0.15) is 36.0 Å². The Morgan fingerprint density at radius 1 is 1.07 bits per heavy atom. The number of anilines is 1. The van der Waals surface area contributed by atoms with E-state index >= 15 is 0 Å². The van der Waals surface area contributed by atoms with Crippen molar-refractivity contribution in [1.29, 1.82) is 0 Å². The van der Waals surface area contributed by atoms with Crippen LogP contribution >= 0.6 is 15.9 Å². The topological polar surface area (TPSA) is 78.4 Å².